The van der Waals surface area contributed by atoms with Crippen LogP contribution in [0.25, 0.3) is 0 Å². The van der Waals surface area contributed by atoms with E-state index < -0.39 is 24.4 Å². The predicted molar refractivity (Wildman–Crippen MR) is 109 cm³/mol. The lowest BCUT2D eigenvalue weighted by Gasteiger charge is -2.38. The van der Waals surface area contributed by atoms with E-state index in [4.69, 9.17) is 21.1 Å². The van der Waals surface area contributed by atoms with E-state index in [2.05, 4.69) is 20.6 Å². The maximum atomic E-state index is 10.5. The van der Waals surface area contributed by atoms with Crippen molar-refractivity contribution in [3.05, 3.63) is 41.2 Å². The quantitative estimate of drug-likeness (QED) is 0.611. The molecule has 9 nitrogen and oxygen atoms in total. The molecule has 1 fully saturated rings. The van der Waals surface area contributed by atoms with Crippen LogP contribution in [0.1, 0.15) is 12.6 Å². The topological polar surface area (TPSA) is 114 Å². The fourth-order valence-electron chi connectivity index (χ4n) is 3.18. The summed E-state index contributed by atoms with van der Waals surface area (Å²) >= 11 is 7.28. The third kappa shape index (κ3) is 4.67. The molecule has 3 heterocycles. The molecular weight excluding hydrogens is 418 g/mol. The molecule has 3 N–H and O–H groups in total. The first-order valence-corrected chi connectivity index (χ1v) is 10.6. The first-order valence-electron chi connectivity index (χ1n) is 9.31. The highest BCUT2D eigenvalue weighted by molar-refractivity contribution is 8.14. The standard InChI is InChI=1S/C18H22ClN5O4S/c1-2-20-18-21-14-16(26)15(25)13(28-17(14)29-18)8-24-7-11(22-23-24)9-27-12-5-3-10(19)4-6-12/h3-7,13-17,25-26H,2,8-9H2,1H3,(H,20,21)/t13-,14-,15-,16-,17-/m1/s1. The lowest BCUT2D eigenvalue weighted by molar-refractivity contribution is -0.157. The number of aromatic nitrogens is 3. The van der Waals surface area contributed by atoms with Crippen molar-refractivity contribution < 1.29 is 19.7 Å². The second-order valence-electron chi connectivity index (χ2n) is 6.77. The molecule has 2 aliphatic rings. The van der Waals surface area contributed by atoms with E-state index in [-0.39, 0.29) is 18.6 Å². The van der Waals surface area contributed by atoms with E-state index in [1.807, 2.05) is 6.92 Å². The van der Waals surface area contributed by atoms with Crippen molar-refractivity contribution in [1.29, 1.82) is 0 Å². The Morgan fingerprint density at radius 3 is 2.83 bits per heavy atom. The van der Waals surface area contributed by atoms with Gasteiger partial charge in [0.25, 0.3) is 0 Å². The van der Waals surface area contributed by atoms with E-state index >= 15 is 0 Å². The molecule has 0 amide bonds. The van der Waals surface area contributed by atoms with Crippen LogP contribution in [0, 0.1) is 0 Å². The number of fused-ring (bicyclic) bond motifs is 1. The number of halogens is 1. The third-order valence-electron chi connectivity index (χ3n) is 4.64. The van der Waals surface area contributed by atoms with E-state index in [9.17, 15) is 10.2 Å². The lowest BCUT2D eigenvalue weighted by atomic mass is 9.98. The highest BCUT2D eigenvalue weighted by atomic mass is 35.5. The number of aliphatic hydroxyl groups is 2. The number of thioether (sulfide) groups is 1. The van der Waals surface area contributed by atoms with Crippen LogP contribution in [0.3, 0.4) is 0 Å². The lowest BCUT2D eigenvalue weighted by Crippen LogP contribution is -2.55. The summed E-state index contributed by atoms with van der Waals surface area (Å²) in [4.78, 5) is 4.41. The van der Waals surface area contributed by atoms with E-state index in [1.54, 1.807) is 35.1 Å². The van der Waals surface area contributed by atoms with Gasteiger partial charge in [0.15, 0.2) is 5.17 Å². The van der Waals surface area contributed by atoms with Gasteiger partial charge in [-0.3, -0.25) is 4.99 Å². The Morgan fingerprint density at radius 1 is 1.28 bits per heavy atom. The predicted octanol–water partition coefficient (Wildman–Crippen LogP) is 1.04. The van der Waals surface area contributed by atoms with Gasteiger partial charge in [-0.25, -0.2) is 4.68 Å². The van der Waals surface area contributed by atoms with Crippen molar-refractivity contribution >= 4 is 28.5 Å². The zero-order valence-corrected chi connectivity index (χ0v) is 17.3. The Labute approximate surface area is 177 Å². The van der Waals surface area contributed by atoms with E-state index in [0.29, 0.717) is 16.5 Å². The summed E-state index contributed by atoms with van der Waals surface area (Å²) in [6.45, 7) is 3.21. The molecule has 156 valence electrons. The number of aliphatic hydroxyl groups excluding tert-OH is 2. The first-order chi connectivity index (χ1) is 14.0. The Bertz CT molecular complexity index is 864. The van der Waals surface area contributed by atoms with Crippen molar-refractivity contribution in [2.75, 3.05) is 6.54 Å². The normalized spacial score (nSPS) is 28.7. The third-order valence-corrected chi connectivity index (χ3v) is 5.99. The Hall–Kier alpha value is -1.85. The van der Waals surface area contributed by atoms with Gasteiger partial charge in [0, 0.05) is 11.6 Å². The molecule has 4 rings (SSSR count). The summed E-state index contributed by atoms with van der Waals surface area (Å²) in [5.41, 5.74) is 0.292. The van der Waals surface area contributed by atoms with Crippen LogP contribution in [0.5, 0.6) is 5.75 Å². The van der Waals surface area contributed by atoms with Crippen molar-refractivity contribution in [3.63, 3.8) is 0 Å². The number of hydrogen-bond donors (Lipinski definition) is 3. The number of amidine groups is 1. The van der Waals surface area contributed by atoms with Crippen molar-refractivity contribution in [2.45, 2.75) is 49.9 Å². The fourth-order valence-corrected chi connectivity index (χ4v) is 4.50. The van der Waals surface area contributed by atoms with Crippen LogP contribution in [0.4, 0.5) is 0 Å². The second-order valence-corrected chi connectivity index (χ2v) is 8.30. The van der Waals surface area contributed by atoms with Gasteiger partial charge in [0.1, 0.15) is 47.8 Å². The van der Waals surface area contributed by atoms with E-state index in [1.165, 1.54) is 11.8 Å². The van der Waals surface area contributed by atoms with Gasteiger partial charge < -0.3 is 25.0 Å². The molecule has 0 spiro atoms. The van der Waals surface area contributed by atoms with Crippen molar-refractivity contribution in [1.82, 2.24) is 20.3 Å². The SMILES string of the molecule is CCNC1=N[C@@H]2[C@@H](O)[C@H](O)[C@@H](Cn3cc(COc4ccc(Cl)cc4)nn3)O[C@@H]2S1. The minimum atomic E-state index is -1.07. The Balaban J connectivity index is 1.34. The Morgan fingerprint density at radius 2 is 2.07 bits per heavy atom. The molecule has 1 saturated heterocycles. The fraction of sp³-hybridized carbons (Fsp3) is 0.500. The Kier molecular flexibility index (Phi) is 6.26. The average Bonchev–Trinajstić information content (AvgIpc) is 3.32. The van der Waals surface area contributed by atoms with Gasteiger partial charge in [-0.05, 0) is 31.2 Å². The molecule has 2 aromatic rings. The second kappa shape index (κ2) is 8.88. The van der Waals surface area contributed by atoms with Crippen LogP contribution < -0.4 is 10.1 Å². The maximum Gasteiger partial charge on any atom is 0.159 e. The first kappa shape index (κ1) is 20.4. The van der Waals surface area contributed by atoms with Crippen LogP contribution in [-0.4, -0.2) is 66.7 Å². The molecule has 5 atom stereocenters. The molecular formula is C18H22ClN5O4S. The number of hydrogen-bond acceptors (Lipinski definition) is 9. The summed E-state index contributed by atoms with van der Waals surface area (Å²) in [5, 5.41) is 33.6. The van der Waals surface area contributed by atoms with Crippen LogP contribution in [0.15, 0.2) is 35.5 Å². The minimum absolute atomic E-state index is 0.249. The number of benzene rings is 1. The van der Waals surface area contributed by atoms with Gasteiger partial charge in [-0.1, -0.05) is 28.6 Å². The highest BCUT2D eigenvalue weighted by Gasteiger charge is 2.48. The molecule has 11 heteroatoms. The van der Waals surface area contributed by atoms with Crippen LogP contribution in [-0.2, 0) is 17.9 Å². The minimum Gasteiger partial charge on any atom is -0.487 e. The van der Waals surface area contributed by atoms with Gasteiger partial charge in [-0.15, -0.1) is 5.10 Å². The molecule has 0 bridgehead atoms. The zero-order chi connectivity index (χ0) is 20.4. The maximum absolute atomic E-state index is 10.5. The molecule has 0 radical (unpaired) electrons. The molecule has 0 unspecified atom stereocenters. The molecule has 2 aliphatic heterocycles. The average molecular weight is 440 g/mol. The van der Waals surface area contributed by atoms with Gasteiger partial charge >= 0.3 is 0 Å². The molecule has 1 aromatic heterocycles. The summed E-state index contributed by atoms with van der Waals surface area (Å²) < 4.78 is 13.2. The van der Waals surface area contributed by atoms with Crippen LogP contribution in [0.2, 0.25) is 5.02 Å². The summed E-state index contributed by atoms with van der Waals surface area (Å²) in [6, 6.07) is 6.57. The molecule has 29 heavy (non-hydrogen) atoms. The molecule has 1 aromatic carbocycles. The summed E-state index contributed by atoms with van der Waals surface area (Å²) in [7, 11) is 0. The highest BCUT2D eigenvalue weighted by Crippen LogP contribution is 2.36. The number of ether oxygens (including phenoxy) is 2. The summed E-state index contributed by atoms with van der Waals surface area (Å²) in [5.74, 6) is 0.680. The van der Waals surface area contributed by atoms with Gasteiger partial charge in [-0.2, -0.15) is 0 Å². The number of aliphatic imine (C=N–C) groups is 1. The van der Waals surface area contributed by atoms with Crippen molar-refractivity contribution in [3.8, 4) is 5.75 Å². The van der Waals surface area contributed by atoms with Crippen molar-refractivity contribution in [2.24, 2.45) is 4.99 Å². The van der Waals surface area contributed by atoms with Gasteiger partial charge in [0.05, 0.1) is 12.7 Å². The number of nitrogens with one attached hydrogen (secondary N) is 1. The molecule has 0 aliphatic carbocycles. The summed E-state index contributed by atoms with van der Waals surface area (Å²) in [6.07, 6.45) is -0.966. The zero-order valence-electron chi connectivity index (χ0n) is 15.7. The number of nitrogens with zero attached hydrogens (tertiary/aromatic N) is 4. The molecule has 0 saturated carbocycles. The van der Waals surface area contributed by atoms with E-state index in [0.717, 1.165) is 11.7 Å². The van der Waals surface area contributed by atoms with Crippen LogP contribution >= 0.6 is 23.4 Å². The smallest absolute Gasteiger partial charge is 0.159 e. The largest absolute Gasteiger partial charge is 0.487 e. The monoisotopic (exact) mass is 439 g/mol. The number of rotatable bonds is 6. The van der Waals surface area contributed by atoms with Gasteiger partial charge in [0.2, 0.25) is 0 Å².